The molecule has 4 aliphatic rings. The highest BCUT2D eigenvalue weighted by Gasteiger charge is 2.29. The van der Waals surface area contributed by atoms with Gasteiger partial charge in [0.05, 0.1) is 0 Å². The molecule has 0 atom stereocenters. The maximum Gasteiger partial charge on any atom is 0.163 e. The molecule has 1 saturated carbocycles. The van der Waals surface area contributed by atoms with Gasteiger partial charge in [0.1, 0.15) is 5.82 Å². The second-order valence-electron chi connectivity index (χ2n) is 13.4. The zero-order valence-corrected chi connectivity index (χ0v) is 27.8. The summed E-state index contributed by atoms with van der Waals surface area (Å²) in [7, 11) is 2.16. The molecule has 6 rings (SSSR count). The number of carbonyl (C=O) groups is 2. The number of hydrogen-bond acceptors (Lipinski definition) is 7. The minimum atomic E-state index is 0.116. The van der Waals surface area contributed by atoms with Gasteiger partial charge in [0.25, 0.3) is 0 Å². The third kappa shape index (κ3) is 6.80. The summed E-state index contributed by atoms with van der Waals surface area (Å²) < 4.78 is 5.69. The zero-order valence-electron chi connectivity index (χ0n) is 27.8. The maximum atomic E-state index is 14.1. The minimum absolute atomic E-state index is 0.116. The highest BCUT2D eigenvalue weighted by molar-refractivity contribution is 6.03. The lowest BCUT2D eigenvalue weighted by molar-refractivity contribution is -0.115. The molecule has 0 amide bonds. The number of fused-ring (bicyclic) bond motifs is 1. The van der Waals surface area contributed by atoms with Crippen LogP contribution in [0.2, 0.25) is 0 Å². The summed E-state index contributed by atoms with van der Waals surface area (Å²) >= 11 is 0. The van der Waals surface area contributed by atoms with Gasteiger partial charge in [-0.2, -0.15) is 0 Å². The van der Waals surface area contributed by atoms with Crippen LogP contribution in [0.5, 0.6) is 0 Å². The number of allylic oxidation sites excluding steroid dienone is 4. The third-order valence-electron chi connectivity index (χ3n) is 10.6. The van der Waals surface area contributed by atoms with Crippen LogP contribution in [0.25, 0.3) is 11.1 Å². The smallest absolute Gasteiger partial charge is 0.163 e. The van der Waals surface area contributed by atoms with E-state index in [1.807, 2.05) is 6.20 Å². The van der Waals surface area contributed by atoms with E-state index in [0.29, 0.717) is 25.3 Å². The summed E-state index contributed by atoms with van der Waals surface area (Å²) in [5, 5.41) is 0. The summed E-state index contributed by atoms with van der Waals surface area (Å²) in [5.74, 6) is 1.34. The second kappa shape index (κ2) is 14.0. The third-order valence-corrected chi connectivity index (χ3v) is 10.6. The number of anilines is 2. The van der Waals surface area contributed by atoms with E-state index in [1.54, 1.807) is 0 Å². The molecule has 3 heterocycles. The lowest BCUT2D eigenvalue weighted by Gasteiger charge is -2.37. The van der Waals surface area contributed by atoms with E-state index < -0.39 is 0 Å². The predicted molar refractivity (Wildman–Crippen MR) is 182 cm³/mol. The summed E-state index contributed by atoms with van der Waals surface area (Å²) in [6.07, 6.45) is 9.67. The quantitative estimate of drug-likeness (QED) is 0.285. The van der Waals surface area contributed by atoms with Gasteiger partial charge in [0.2, 0.25) is 0 Å². The Hall–Kier alpha value is -3.29. The number of piperazine rings is 1. The van der Waals surface area contributed by atoms with E-state index in [0.717, 1.165) is 117 Å². The van der Waals surface area contributed by atoms with E-state index in [-0.39, 0.29) is 11.6 Å². The van der Waals surface area contributed by atoms with E-state index in [4.69, 9.17) is 9.72 Å². The number of rotatable bonds is 9. The number of hydrogen-bond donors (Lipinski definition) is 0. The summed E-state index contributed by atoms with van der Waals surface area (Å²) in [5.41, 5.74) is 9.75. The second-order valence-corrected chi connectivity index (χ2v) is 13.4. The lowest BCUT2D eigenvalue weighted by atomic mass is 9.76. The molecule has 7 heteroatoms. The molecule has 2 aromatic rings. The molecule has 7 nitrogen and oxygen atoms in total. The standard InChI is InChI=1S/C38H50N4O3/c1-5-42(30-14-20-45-21-15-30)35-24-29(28-10-13-38(39-25-28)41-18-16-40(4)17-19-41)23-34(27(35)3)36(43)12-11-33-32-9-7-6-8-31(32)26(2)22-37(33)44/h10,13,23-25,30H,5-9,11-12,14-22H2,1-4H3. The molecule has 0 N–H and O–H groups in total. The molecular weight excluding hydrogens is 560 g/mol. The fraction of sp³-hybridized carbons (Fsp3) is 0.553. The Labute approximate surface area is 269 Å². The van der Waals surface area contributed by atoms with Gasteiger partial charge in [-0.3, -0.25) is 9.59 Å². The number of Topliss-reactive ketones (excluding diaryl/α,β-unsaturated/α-hetero) is 2. The molecule has 2 aliphatic carbocycles. The van der Waals surface area contributed by atoms with Crippen molar-refractivity contribution in [3.63, 3.8) is 0 Å². The first-order valence-corrected chi connectivity index (χ1v) is 17.2. The van der Waals surface area contributed by atoms with Crippen LogP contribution < -0.4 is 9.80 Å². The minimum Gasteiger partial charge on any atom is -0.381 e. The lowest BCUT2D eigenvalue weighted by Crippen LogP contribution is -2.44. The first kappa shape index (κ1) is 31.7. The molecule has 3 fully saturated rings. The Bertz CT molecular complexity index is 1480. The van der Waals surface area contributed by atoms with E-state index in [2.05, 4.69) is 66.8 Å². The SMILES string of the molecule is CCN(c1cc(-c2ccc(N3CCN(C)CC3)nc2)cc(C(=O)CCC2=C3CCCCC3=C(C)CC2=O)c1C)C1CCOCC1. The number of ether oxygens (including phenoxy) is 1. The van der Waals surface area contributed by atoms with Crippen LogP contribution in [0.1, 0.15) is 87.6 Å². The molecule has 0 bridgehead atoms. The van der Waals surface area contributed by atoms with Gasteiger partial charge in [-0.25, -0.2) is 4.98 Å². The molecule has 45 heavy (non-hydrogen) atoms. The largest absolute Gasteiger partial charge is 0.381 e. The summed E-state index contributed by atoms with van der Waals surface area (Å²) in [4.78, 5) is 39.4. The van der Waals surface area contributed by atoms with Crippen LogP contribution in [0, 0.1) is 6.92 Å². The normalized spacial score (nSPS) is 20.1. The number of pyridine rings is 1. The van der Waals surface area contributed by atoms with Crippen LogP contribution in [-0.2, 0) is 9.53 Å². The van der Waals surface area contributed by atoms with Crippen molar-refractivity contribution in [1.29, 1.82) is 0 Å². The van der Waals surface area contributed by atoms with Crippen molar-refractivity contribution >= 4 is 23.1 Å². The van der Waals surface area contributed by atoms with Crippen molar-refractivity contribution in [1.82, 2.24) is 9.88 Å². The monoisotopic (exact) mass is 610 g/mol. The van der Waals surface area contributed by atoms with Crippen molar-refractivity contribution < 1.29 is 14.3 Å². The first-order valence-electron chi connectivity index (χ1n) is 17.2. The summed E-state index contributed by atoms with van der Waals surface area (Å²) in [6, 6.07) is 8.99. The molecule has 0 unspecified atom stereocenters. The van der Waals surface area contributed by atoms with Gasteiger partial charge in [-0.15, -0.1) is 0 Å². The topological polar surface area (TPSA) is 66.0 Å². The predicted octanol–water partition coefficient (Wildman–Crippen LogP) is 6.94. The van der Waals surface area contributed by atoms with Crippen LogP contribution in [-0.4, -0.2) is 80.5 Å². The number of aromatic nitrogens is 1. The molecule has 1 aromatic heterocycles. The average Bonchev–Trinajstić information content (AvgIpc) is 3.06. The van der Waals surface area contributed by atoms with Gasteiger partial charge >= 0.3 is 0 Å². The van der Waals surface area contributed by atoms with Crippen LogP contribution in [0.15, 0.2) is 52.8 Å². The molecule has 0 spiro atoms. The first-order chi connectivity index (χ1) is 21.8. The Kier molecular flexibility index (Phi) is 9.86. The fourth-order valence-electron chi connectivity index (χ4n) is 7.85. The van der Waals surface area contributed by atoms with Gasteiger partial charge in [-0.1, -0.05) is 5.57 Å². The Morgan fingerprint density at radius 2 is 1.73 bits per heavy atom. The van der Waals surface area contributed by atoms with Gasteiger partial charge in [0.15, 0.2) is 11.6 Å². The molecule has 2 aliphatic heterocycles. The van der Waals surface area contributed by atoms with Crippen LogP contribution in [0.4, 0.5) is 11.5 Å². The van der Waals surface area contributed by atoms with Gasteiger partial charge in [0, 0.05) is 87.8 Å². The van der Waals surface area contributed by atoms with Crippen molar-refractivity contribution in [2.45, 2.75) is 84.6 Å². The average molecular weight is 611 g/mol. The molecule has 1 aromatic carbocycles. The van der Waals surface area contributed by atoms with Crippen molar-refractivity contribution in [2.24, 2.45) is 0 Å². The Morgan fingerprint density at radius 3 is 2.42 bits per heavy atom. The van der Waals surface area contributed by atoms with E-state index in [9.17, 15) is 9.59 Å². The van der Waals surface area contributed by atoms with Gasteiger partial charge in [-0.05, 0) is 125 Å². The summed E-state index contributed by atoms with van der Waals surface area (Å²) in [6.45, 7) is 12.8. The van der Waals surface area contributed by atoms with Gasteiger partial charge < -0.3 is 19.4 Å². The number of likely N-dealkylation sites (N-methyl/N-ethyl adjacent to an activating group) is 1. The number of carbonyl (C=O) groups excluding carboxylic acids is 2. The van der Waals surface area contributed by atoms with E-state index in [1.165, 1.54) is 23.1 Å². The molecular formula is C38H50N4O3. The fourth-order valence-corrected chi connectivity index (χ4v) is 7.85. The molecule has 2 saturated heterocycles. The number of benzene rings is 1. The number of ketones is 2. The Morgan fingerprint density at radius 1 is 1.00 bits per heavy atom. The highest BCUT2D eigenvalue weighted by Crippen LogP contribution is 2.40. The van der Waals surface area contributed by atoms with Crippen LogP contribution in [0.3, 0.4) is 0 Å². The Balaban J connectivity index is 1.32. The van der Waals surface area contributed by atoms with Crippen molar-refractivity contribution in [3.05, 3.63) is 63.9 Å². The highest BCUT2D eigenvalue weighted by atomic mass is 16.5. The van der Waals surface area contributed by atoms with Crippen molar-refractivity contribution in [2.75, 3.05) is 62.8 Å². The maximum absolute atomic E-state index is 14.1. The molecule has 240 valence electrons. The zero-order chi connectivity index (χ0) is 31.5. The van der Waals surface area contributed by atoms with Crippen molar-refractivity contribution in [3.8, 4) is 11.1 Å². The van der Waals surface area contributed by atoms with Crippen LogP contribution >= 0.6 is 0 Å². The molecule has 0 radical (unpaired) electrons. The van der Waals surface area contributed by atoms with E-state index >= 15 is 0 Å². The number of nitrogens with zero attached hydrogens (tertiary/aromatic N) is 4.